The zero-order chi connectivity index (χ0) is 22.8. The van der Waals surface area contributed by atoms with Crippen molar-refractivity contribution in [3.63, 3.8) is 0 Å². The Labute approximate surface area is 185 Å². The molecule has 2 saturated carbocycles. The van der Waals surface area contributed by atoms with Crippen LogP contribution in [0.25, 0.3) is 11.3 Å². The van der Waals surface area contributed by atoms with Gasteiger partial charge < -0.3 is 10.8 Å². The number of anilines is 1. The van der Waals surface area contributed by atoms with Gasteiger partial charge in [-0.2, -0.15) is 18.3 Å². The second-order valence-electron chi connectivity index (χ2n) is 9.96. The van der Waals surface area contributed by atoms with Crippen LogP contribution in [-0.4, -0.2) is 50.5 Å². The Balaban J connectivity index is 1.36. The summed E-state index contributed by atoms with van der Waals surface area (Å²) in [4.78, 5) is 6.31. The minimum Gasteiger partial charge on any atom is -0.396 e. The molecule has 174 valence electrons. The summed E-state index contributed by atoms with van der Waals surface area (Å²) < 4.78 is 41.9. The number of likely N-dealkylation sites (tertiary alicyclic amines) is 1. The van der Waals surface area contributed by atoms with Gasteiger partial charge in [0, 0.05) is 48.6 Å². The summed E-state index contributed by atoms with van der Waals surface area (Å²) in [7, 11) is 0. The number of aromatic nitrogens is 3. The first-order chi connectivity index (χ1) is 15.2. The van der Waals surface area contributed by atoms with Crippen LogP contribution in [0.1, 0.15) is 56.3 Å². The third-order valence-corrected chi connectivity index (χ3v) is 7.63. The van der Waals surface area contributed by atoms with Crippen molar-refractivity contribution < 1.29 is 18.3 Å². The van der Waals surface area contributed by atoms with Gasteiger partial charge in [-0.1, -0.05) is 0 Å². The van der Waals surface area contributed by atoms with Crippen molar-refractivity contribution >= 4 is 5.82 Å². The Bertz CT molecular complexity index is 992. The fourth-order valence-electron chi connectivity index (χ4n) is 5.95. The molecule has 2 unspecified atom stereocenters. The van der Waals surface area contributed by atoms with Crippen molar-refractivity contribution in [2.75, 3.05) is 25.4 Å². The van der Waals surface area contributed by atoms with Gasteiger partial charge in [-0.15, -0.1) is 0 Å². The molecule has 3 N–H and O–H groups in total. The first-order valence-corrected chi connectivity index (χ1v) is 11.4. The maximum Gasteiger partial charge on any atom is 0.419 e. The fourth-order valence-corrected chi connectivity index (χ4v) is 5.95. The summed E-state index contributed by atoms with van der Waals surface area (Å²) in [5, 5.41) is 14.1. The summed E-state index contributed by atoms with van der Waals surface area (Å²) in [5.74, 6) is 1.51. The minimum absolute atomic E-state index is 0.114. The molecule has 0 spiro atoms. The minimum atomic E-state index is -4.55. The SMILES string of the molecule is CC(C)n1nc(-c2cnc(N)c(C(F)(F)F)c2)cc1C1[C@H]2CC(N3CC[C@H](CO)C3)C[C@@H]12. The average Bonchev–Trinajstić information content (AvgIpc) is 3.22. The zero-order valence-corrected chi connectivity index (χ0v) is 18.4. The molecule has 6 nitrogen and oxygen atoms in total. The zero-order valence-electron chi connectivity index (χ0n) is 18.4. The van der Waals surface area contributed by atoms with E-state index in [2.05, 4.69) is 15.0 Å². The van der Waals surface area contributed by atoms with Crippen LogP contribution in [-0.2, 0) is 6.18 Å². The Morgan fingerprint density at radius 2 is 1.94 bits per heavy atom. The lowest BCUT2D eigenvalue weighted by atomic mass is 10.0. The van der Waals surface area contributed by atoms with Crippen LogP contribution in [0.15, 0.2) is 18.3 Å². The van der Waals surface area contributed by atoms with E-state index in [0.29, 0.717) is 41.0 Å². The van der Waals surface area contributed by atoms with Crippen molar-refractivity contribution in [1.82, 2.24) is 19.7 Å². The maximum atomic E-state index is 13.3. The summed E-state index contributed by atoms with van der Waals surface area (Å²) in [6.45, 7) is 6.42. The van der Waals surface area contributed by atoms with Gasteiger partial charge in [0.15, 0.2) is 0 Å². The van der Waals surface area contributed by atoms with E-state index in [1.807, 2.05) is 24.6 Å². The molecule has 3 aliphatic rings. The van der Waals surface area contributed by atoms with Crippen molar-refractivity contribution in [3.8, 4) is 11.3 Å². The molecule has 9 heteroatoms. The molecule has 0 aromatic carbocycles. The molecule has 5 rings (SSSR count). The van der Waals surface area contributed by atoms with Crippen LogP contribution in [0, 0.1) is 17.8 Å². The normalized spacial score (nSPS) is 30.3. The number of nitrogens with two attached hydrogens (primary N) is 1. The fraction of sp³-hybridized carbons (Fsp3) is 0.652. The highest BCUT2D eigenvalue weighted by atomic mass is 19.4. The summed E-state index contributed by atoms with van der Waals surface area (Å²) in [6.07, 6.45) is 0.187. The lowest BCUT2D eigenvalue weighted by Gasteiger charge is -2.26. The van der Waals surface area contributed by atoms with E-state index >= 15 is 0 Å². The van der Waals surface area contributed by atoms with Crippen LogP contribution < -0.4 is 5.73 Å². The Morgan fingerprint density at radius 1 is 1.22 bits per heavy atom. The molecule has 5 atom stereocenters. The summed E-state index contributed by atoms with van der Waals surface area (Å²) >= 11 is 0. The molecule has 3 fully saturated rings. The highest BCUT2D eigenvalue weighted by Crippen LogP contribution is 2.64. The van der Waals surface area contributed by atoms with E-state index in [4.69, 9.17) is 5.73 Å². The van der Waals surface area contributed by atoms with Gasteiger partial charge in [0.1, 0.15) is 5.82 Å². The van der Waals surface area contributed by atoms with Gasteiger partial charge in [0.25, 0.3) is 0 Å². The third kappa shape index (κ3) is 3.69. The number of hydrogen-bond acceptors (Lipinski definition) is 5. The Morgan fingerprint density at radius 3 is 2.53 bits per heavy atom. The van der Waals surface area contributed by atoms with Gasteiger partial charge in [-0.05, 0) is 69.5 Å². The molecule has 2 aromatic heterocycles. The number of fused-ring (bicyclic) bond motifs is 1. The molecule has 1 saturated heterocycles. The molecule has 0 bridgehead atoms. The standard InChI is InChI=1S/C23H30F3N5O/c1-12(2)31-20(8-19(29-31)14-5-18(23(24,25)26)22(27)28-9-14)21-16-6-15(7-17(16)21)30-4-3-13(10-30)11-32/h5,8-9,12-13,15-17,21,32H,3-4,6-7,10-11H2,1-2H3,(H2,27,28)/t13-,15?,16-,17+,21?/m0/s1. The number of aliphatic hydroxyl groups excluding tert-OH is 1. The number of hydrogen-bond donors (Lipinski definition) is 2. The number of alkyl halides is 3. The topological polar surface area (TPSA) is 80.2 Å². The van der Waals surface area contributed by atoms with Crippen LogP contribution in [0.2, 0.25) is 0 Å². The molecule has 0 amide bonds. The molecule has 0 radical (unpaired) electrons. The van der Waals surface area contributed by atoms with Crippen molar-refractivity contribution in [2.45, 2.75) is 57.3 Å². The number of pyridine rings is 1. The first-order valence-electron chi connectivity index (χ1n) is 11.4. The predicted molar refractivity (Wildman–Crippen MR) is 115 cm³/mol. The van der Waals surface area contributed by atoms with E-state index in [1.165, 1.54) is 6.20 Å². The highest BCUT2D eigenvalue weighted by Gasteiger charge is 2.59. The van der Waals surface area contributed by atoms with Gasteiger partial charge in [-0.25, -0.2) is 4.98 Å². The monoisotopic (exact) mass is 449 g/mol. The number of halogens is 3. The van der Waals surface area contributed by atoms with Crippen molar-refractivity contribution in [1.29, 1.82) is 0 Å². The van der Waals surface area contributed by atoms with Crippen molar-refractivity contribution in [3.05, 3.63) is 29.6 Å². The molecule has 3 heterocycles. The van der Waals surface area contributed by atoms with Gasteiger partial charge >= 0.3 is 6.18 Å². The van der Waals surface area contributed by atoms with E-state index in [0.717, 1.165) is 44.1 Å². The number of rotatable bonds is 5. The van der Waals surface area contributed by atoms with Crippen LogP contribution >= 0.6 is 0 Å². The van der Waals surface area contributed by atoms with Gasteiger partial charge in [-0.3, -0.25) is 9.58 Å². The van der Waals surface area contributed by atoms with E-state index in [-0.39, 0.29) is 12.6 Å². The lowest BCUT2D eigenvalue weighted by molar-refractivity contribution is -0.137. The van der Waals surface area contributed by atoms with E-state index in [9.17, 15) is 18.3 Å². The van der Waals surface area contributed by atoms with Crippen molar-refractivity contribution in [2.24, 2.45) is 17.8 Å². The molecule has 1 aliphatic heterocycles. The predicted octanol–water partition coefficient (Wildman–Crippen LogP) is 3.93. The molecular weight excluding hydrogens is 419 g/mol. The molecule has 32 heavy (non-hydrogen) atoms. The van der Waals surface area contributed by atoms with E-state index < -0.39 is 17.6 Å². The quantitative estimate of drug-likeness (QED) is 0.723. The molecule has 2 aromatic rings. The van der Waals surface area contributed by atoms with Crippen LogP contribution in [0.5, 0.6) is 0 Å². The Hall–Kier alpha value is -2.13. The Kier molecular flexibility index (Phi) is 5.24. The number of aliphatic hydroxyl groups is 1. The van der Waals surface area contributed by atoms with Gasteiger partial charge in [0.05, 0.1) is 11.3 Å². The second-order valence-corrected chi connectivity index (χ2v) is 9.96. The van der Waals surface area contributed by atoms with Gasteiger partial charge in [0.2, 0.25) is 0 Å². The second kappa shape index (κ2) is 7.73. The summed E-state index contributed by atoms with van der Waals surface area (Å²) in [6, 6.07) is 3.70. The molecule has 2 aliphatic carbocycles. The summed E-state index contributed by atoms with van der Waals surface area (Å²) in [5.41, 5.74) is 6.51. The van der Waals surface area contributed by atoms with Crippen LogP contribution in [0.3, 0.4) is 0 Å². The number of nitrogens with zero attached hydrogens (tertiary/aromatic N) is 4. The average molecular weight is 450 g/mol. The van der Waals surface area contributed by atoms with E-state index in [1.54, 1.807) is 0 Å². The number of nitrogen functional groups attached to an aromatic ring is 1. The maximum absolute atomic E-state index is 13.3. The smallest absolute Gasteiger partial charge is 0.396 e. The largest absolute Gasteiger partial charge is 0.419 e. The van der Waals surface area contributed by atoms with Crippen LogP contribution in [0.4, 0.5) is 19.0 Å². The third-order valence-electron chi connectivity index (χ3n) is 7.63. The highest BCUT2D eigenvalue weighted by molar-refractivity contribution is 5.63. The lowest BCUT2D eigenvalue weighted by Crippen LogP contribution is -2.33. The first kappa shape index (κ1) is 21.7. The molecular formula is C23H30F3N5O.